The first-order valence-electron chi connectivity index (χ1n) is 11.3. The van der Waals surface area contributed by atoms with Crippen LogP contribution in [0.1, 0.15) is 55.9 Å². The molecule has 2 aromatic carbocycles. The van der Waals surface area contributed by atoms with Crippen LogP contribution in [0.3, 0.4) is 0 Å². The number of halogens is 2. The molecule has 0 spiro atoms. The van der Waals surface area contributed by atoms with Crippen molar-refractivity contribution in [2.45, 2.75) is 73.0 Å². The molecule has 0 aliphatic heterocycles. The summed E-state index contributed by atoms with van der Waals surface area (Å²) >= 11 is 12.2. The molecule has 0 aromatic heterocycles. The van der Waals surface area contributed by atoms with E-state index in [1.54, 1.807) is 17.0 Å². The van der Waals surface area contributed by atoms with Gasteiger partial charge in [-0.1, -0.05) is 49.2 Å². The quantitative estimate of drug-likeness (QED) is 0.440. The highest BCUT2D eigenvalue weighted by atomic mass is 35.5. The molecule has 0 aliphatic rings. The highest BCUT2D eigenvalue weighted by Gasteiger charge is 2.29. The molecule has 0 saturated carbocycles. The van der Waals surface area contributed by atoms with Crippen LogP contribution in [0.5, 0.6) is 5.75 Å². The van der Waals surface area contributed by atoms with E-state index in [1.165, 1.54) is 0 Å². The molecule has 1 N–H and O–H groups in total. The van der Waals surface area contributed by atoms with Gasteiger partial charge in [0.1, 0.15) is 11.8 Å². The lowest BCUT2D eigenvalue weighted by atomic mass is 10.1. The Balaban J connectivity index is 2.30. The summed E-state index contributed by atoms with van der Waals surface area (Å²) < 4.78 is 5.93. The molecule has 0 fully saturated rings. The number of nitrogens with zero attached hydrogens (tertiary/aromatic N) is 1. The second kappa shape index (κ2) is 12.3. The Morgan fingerprint density at radius 1 is 1.03 bits per heavy atom. The van der Waals surface area contributed by atoms with E-state index in [9.17, 15) is 9.59 Å². The van der Waals surface area contributed by atoms with Gasteiger partial charge in [-0.2, -0.15) is 0 Å². The van der Waals surface area contributed by atoms with Crippen molar-refractivity contribution in [1.82, 2.24) is 10.2 Å². The van der Waals surface area contributed by atoms with E-state index in [4.69, 9.17) is 27.9 Å². The van der Waals surface area contributed by atoms with E-state index >= 15 is 0 Å². The maximum atomic E-state index is 13.4. The minimum absolute atomic E-state index is 0.0163. The number of amides is 2. The molecule has 0 bridgehead atoms. The van der Waals surface area contributed by atoms with Gasteiger partial charge in [-0.3, -0.25) is 9.59 Å². The number of ether oxygens (including phenoxy) is 1. The van der Waals surface area contributed by atoms with Crippen LogP contribution >= 0.6 is 23.2 Å². The van der Waals surface area contributed by atoms with Crippen molar-refractivity contribution in [3.05, 3.63) is 62.6 Å². The fraction of sp³-hybridized carbons (Fsp3) is 0.462. The number of carbonyl (C=O) groups excluding carboxylic acids is 2. The summed E-state index contributed by atoms with van der Waals surface area (Å²) in [4.78, 5) is 28.0. The Bertz CT molecular complexity index is 994. The summed E-state index contributed by atoms with van der Waals surface area (Å²) in [7, 11) is 0. The third kappa shape index (κ3) is 7.38. The van der Waals surface area contributed by atoms with Crippen LogP contribution in [0.25, 0.3) is 0 Å². The third-order valence-corrected chi connectivity index (χ3v) is 6.58. The Hall–Kier alpha value is -2.24. The second-order valence-corrected chi connectivity index (χ2v) is 9.32. The summed E-state index contributed by atoms with van der Waals surface area (Å²) in [6, 6.07) is 8.60. The van der Waals surface area contributed by atoms with E-state index < -0.39 is 6.04 Å². The summed E-state index contributed by atoms with van der Waals surface area (Å²) in [5.74, 6) is 0.223. The van der Waals surface area contributed by atoms with E-state index in [-0.39, 0.29) is 31.0 Å². The molecular formula is C26H34Cl2N2O3. The first-order valence-corrected chi connectivity index (χ1v) is 12.1. The molecule has 5 nitrogen and oxygen atoms in total. The molecule has 2 rings (SSSR count). The van der Waals surface area contributed by atoms with Gasteiger partial charge in [0.2, 0.25) is 5.91 Å². The maximum absolute atomic E-state index is 13.4. The van der Waals surface area contributed by atoms with Crippen LogP contribution in [-0.2, 0) is 16.1 Å². The Labute approximate surface area is 207 Å². The first-order chi connectivity index (χ1) is 15.6. The number of carbonyl (C=O) groups is 2. The fourth-order valence-corrected chi connectivity index (χ4v) is 3.89. The van der Waals surface area contributed by atoms with E-state index in [2.05, 4.69) is 11.4 Å². The van der Waals surface area contributed by atoms with E-state index in [0.29, 0.717) is 22.2 Å². The van der Waals surface area contributed by atoms with Crippen molar-refractivity contribution in [3.8, 4) is 5.75 Å². The Morgan fingerprint density at radius 2 is 1.73 bits per heavy atom. The lowest BCUT2D eigenvalue weighted by Gasteiger charge is -2.31. The monoisotopic (exact) mass is 492 g/mol. The zero-order chi connectivity index (χ0) is 24.7. The van der Waals surface area contributed by atoms with Crippen molar-refractivity contribution < 1.29 is 14.3 Å². The standard InChI is InChI=1S/C26H34Cl2N2O3/c1-7-18(5)29-26(32)23(8-2)30(14-20-9-10-21(27)22(28)13-20)25(31)15-33-24-12-16(3)11-17(4)19(24)6/h9-13,18,23H,7-8,14-15H2,1-6H3,(H,29,32). The summed E-state index contributed by atoms with van der Waals surface area (Å²) in [5.41, 5.74) is 3.94. The summed E-state index contributed by atoms with van der Waals surface area (Å²) in [6.45, 7) is 11.9. The molecule has 7 heteroatoms. The molecule has 0 aliphatic carbocycles. The van der Waals surface area contributed by atoms with Crippen molar-refractivity contribution in [3.63, 3.8) is 0 Å². The number of hydrogen-bond acceptors (Lipinski definition) is 3. The molecule has 0 heterocycles. The first kappa shape index (κ1) is 27.0. The molecule has 2 amide bonds. The van der Waals surface area contributed by atoms with E-state index in [1.807, 2.05) is 53.7 Å². The van der Waals surface area contributed by atoms with Gasteiger partial charge in [-0.25, -0.2) is 0 Å². The highest BCUT2D eigenvalue weighted by molar-refractivity contribution is 6.42. The van der Waals surface area contributed by atoms with Gasteiger partial charge in [0.05, 0.1) is 10.0 Å². The van der Waals surface area contributed by atoms with E-state index in [0.717, 1.165) is 28.7 Å². The second-order valence-electron chi connectivity index (χ2n) is 8.51. The number of benzene rings is 2. The normalized spacial score (nSPS) is 12.7. The van der Waals surface area contributed by atoms with Crippen LogP contribution in [0, 0.1) is 20.8 Å². The molecule has 180 valence electrons. The summed E-state index contributed by atoms with van der Waals surface area (Å²) in [5, 5.41) is 3.84. The predicted octanol–water partition coefficient (Wildman–Crippen LogP) is 6.02. The predicted molar refractivity (Wildman–Crippen MR) is 135 cm³/mol. The zero-order valence-corrected chi connectivity index (χ0v) is 21.8. The molecule has 33 heavy (non-hydrogen) atoms. The van der Waals surface area contributed by atoms with Gasteiger partial charge in [-0.05, 0) is 81.0 Å². The minimum atomic E-state index is -0.634. The maximum Gasteiger partial charge on any atom is 0.261 e. The van der Waals surface area contributed by atoms with Gasteiger partial charge in [0.15, 0.2) is 6.61 Å². The minimum Gasteiger partial charge on any atom is -0.483 e. The topological polar surface area (TPSA) is 58.6 Å². The van der Waals surface area contributed by atoms with Gasteiger partial charge < -0.3 is 15.0 Å². The Morgan fingerprint density at radius 3 is 2.33 bits per heavy atom. The van der Waals surface area contributed by atoms with Crippen LogP contribution < -0.4 is 10.1 Å². The highest BCUT2D eigenvalue weighted by Crippen LogP contribution is 2.25. The number of rotatable bonds is 10. The largest absolute Gasteiger partial charge is 0.483 e. The molecule has 2 unspecified atom stereocenters. The van der Waals surface area contributed by atoms with Crippen LogP contribution in [0.2, 0.25) is 10.0 Å². The fourth-order valence-electron chi connectivity index (χ4n) is 3.57. The van der Waals surface area contributed by atoms with Crippen molar-refractivity contribution in [1.29, 1.82) is 0 Å². The van der Waals surface area contributed by atoms with Crippen molar-refractivity contribution in [2.24, 2.45) is 0 Å². The lowest BCUT2D eigenvalue weighted by Crippen LogP contribution is -2.51. The molecule has 2 aromatic rings. The van der Waals surface area contributed by atoms with Gasteiger partial charge in [0.25, 0.3) is 5.91 Å². The van der Waals surface area contributed by atoms with Crippen molar-refractivity contribution in [2.75, 3.05) is 6.61 Å². The van der Waals surface area contributed by atoms with Crippen LogP contribution in [0.15, 0.2) is 30.3 Å². The molecule has 2 atom stereocenters. The lowest BCUT2D eigenvalue weighted by molar-refractivity contribution is -0.143. The Kier molecular flexibility index (Phi) is 10.1. The number of nitrogens with one attached hydrogen (secondary N) is 1. The average Bonchev–Trinajstić information content (AvgIpc) is 2.77. The van der Waals surface area contributed by atoms with Gasteiger partial charge in [0, 0.05) is 12.6 Å². The molecular weight excluding hydrogens is 459 g/mol. The van der Waals surface area contributed by atoms with Gasteiger partial charge in [-0.15, -0.1) is 0 Å². The third-order valence-electron chi connectivity index (χ3n) is 5.84. The summed E-state index contributed by atoms with van der Waals surface area (Å²) in [6.07, 6.45) is 1.27. The smallest absolute Gasteiger partial charge is 0.261 e. The number of hydrogen-bond donors (Lipinski definition) is 1. The average molecular weight is 493 g/mol. The SMILES string of the molecule is CCC(C)NC(=O)C(CC)N(Cc1ccc(Cl)c(Cl)c1)C(=O)COc1cc(C)cc(C)c1C. The van der Waals surface area contributed by atoms with Gasteiger partial charge >= 0.3 is 0 Å². The van der Waals surface area contributed by atoms with Crippen LogP contribution in [0.4, 0.5) is 0 Å². The zero-order valence-electron chi connectivity index (χ0n) is 20.3. The van der Waals surface area contributed by atoms with Crippen molar-refractivity contribution >= 4 is 35.0 Å². The molecule has 0 radical (unpaired) electrons. The molecule has 0 saturated heterocycles. The van der Waals surface area contributed by atoms with Crippen LogP contribution in [-0.4, -0.2) is 35.4 Å². The number of aryl methyl sites for hydroxylation is 2.